The molecular formula is C28H30N2O5. The molecule has 6 rings (SSSR count). The molecule has 1 heterocycles. The third-order valence-electron chi connectivity index (χ3n) is 8.56. The van der Waals surface area contributed by atoms with Gasteiger partial charge >= 0.3 is 12.1 Å². The number of carbonyl (C=O) groups excluding carboxylic acids is 2. The zero-order valence-corrected chi connectivity index (χ0v) is 19.6. The summed E-state index contributed by atoms with van der Waals surface area (Å²) in [5.41, 5.74) is 4.30. The van der Waals surface area contributed by atoms with Crippen molar-refractivity contribution in [3.05, 3.63) is 59.7 Å². The lowest BCUT2D eigenvalue weighted by Gasteiger charge is -2.33. The Balaban J connectivity index is 1.06. The molecule has 0 bridgehead atoms. The smallest absolute Gasteiger partial charge is 0.407 e. The van der Waals surface area contributed by atoms with Crippen LogP contribution in [-0.2, 0) is 14.3 Å². The minimum Gasteiger partial charge on any atom is -0.481 e. The number of hydrogen-bond acceptors (Lipinski definition) is 4. The second kappa shape index (κ2) is 8.40. The number of nitrogens with zero attached hydrogens (tertiary/aromatic N) is 1. The summed E-state index contributed by atoms with van der Waals surface area (Å²) in [6, 6.07) is 16.4. The fraction of sp³-hybridized carbons (Fsp3) is 0.464. The second-order valence-electron chi connectivity index (χ2n) is 10.6. The van der Waals surface area contributed by atoms with Gasteiger partial charge in [0.05, 0.1) is 11.3 Å². The molecule has 2 N–H and O–H groups in total. The van der Waals surface area contributed by atoms with Crippen LogP contribution in [0.3, 0.4) is 0 Å². The lowest BCUT2D eigenvalue weighted by atomic mass is 9.94. The summed E-state index contributed by atoms with van der Waals surface area (Å²) >= 11 is 0. The highest BCUT2D eigenvalue weighted by atomic mass is 16.5. The molecule has 7 heteroatoms. The van der Waals surface area contributed by atoms with Gasteiger partial charge in [0.1, 0.15) is 6.61 Å². The predicted molar refractivity (Wildman–Crippen MR) is 129 cm³/mol. The van der Waals surface area contributed by atoms with Crippen LogP contribution in [0.5, 0.6) is 0 Å². The average molecular weight is 475 g/mol. The van der Waals surface area contributed by atoms with Crippen molar-refractivity contribution >= 4 is 18.0 Å². The Morgan fingerprint density at radius 2 is 1.71 bits per heavy atom. The number of benzene rings is 2. The first kappa shape index (κ1) is 22.1. The summed E-state index contributed by atoms with van der Waals surface area (Å²) in [5.74, 6) is -0.949. The summed E-state index contributed by atoms with van der Waals surface area (Å²) < 4.78 is 5.69. The Morgan fingerprint density at radius 1 is 1.03 bits per heavy atom. The molecular weight excluding hydrogens is 444 g/mol. The minimum atomic E-state index is -0.825. The van der Waals surface area contributed by atoms with Gasteiger partial charge in [-0.1, -0.05) is 48.5 Å². The number of rotatable bonds is 5. The van der Waals surface area contributed by atoms with Gasteiger partial charge in [0.15, 0.2) is 0 Å². The Labute approximate surface area is 204 Å². The fourth-order valence-corrected chi connectivity index (χ4v) is 6.75. The molecule has 3 fully saturated rings. The molecule has 7 nitrogen and oxygen atoms in total. The summed E-state index contributed by atoms with van der Waals surface area (Å²) in [6.07, 6.45) is 3.13. The molecule has 2 amide bonds. The molecule has 3 aliphatic carbocycles. The van der Waals surface area contributed by atoms with E-state index in [2.05, 4.69) is 29.6 Å². The average Bonchev–Trinajstić information content (AvgIpc) is 3.30. The first-order valence-corrected chi connectivity index (χ1v) is 12.6. The normalized spacial score (nSPS) is 28.6. The van der Waals surface area contributed by atoms with Gasteiger partial charge in [-0.05, 0) is 60.3 Å². The van der Waals surface area contributed by atoms with E-state index < -0.39 is 23.4 Å². The van der Waals surface area contributed by atoms with Gasteiger partial charge in [0.25, 0.3) is 0 Å². The highest BCUT2D eigenvalue weighted by Gasteiger charge is 2.66. The molecule has 1 saturated heterocycles. The molecule has 1 aliphatic heterocycles. The molecule has 0 unspecified atom stereocenters. The number of aliphatic carboxylic acids is 1. The fourth-order valence-electron chi connectivity index (χ4n) is 6.75. The van der Waals surface area contributed by atoms with Crippen LogP contribution < -0.4 is 5.32 Å². The molecule has 4 aliphatic rings. The number of carboxylic acids is 1. The van der Waals surface area contributed by atoms with Crippen LogP contribution in [0.1, 0.15) is 49.1 Å². The van der Waals surface area contributed by atoms with Crippen LogP contribution in [0.15, 0.2) is 48.5 Å². The minimum absolute atomic E-state index is 0.0133. The van der Waals surface area contributed by atoms with E-state index in [1.165, 1.54) is 22.3 Å². The van der Waals surface area contributed by atoms with Crippen molar-refractivity contribution in [1.29, 1.82) is 0 Å². The number of piperidine rings is 1. The van der Waals surface area contributed by atoms with E-state index in [9.17, 15) is 19.5 Å². The maximum atomic E-state index is 13.3. The van der Waals surface area contributed by atoms with Crippen molar-refractivity contribution in [3.8, 4) is 11.1 Å². The van der Waals surface area contributed by atoms with E-state index in [1.807, 2.05) is 24.3 Å². The zero-order valence-electron chi connectivity index (χ0n) is 19.6. The zero-order chi connectivity index (χ0) is 24.2. The van der Waals surface area contributed by atoms with E-state index in [0.29, 0.717) is 25.9 Å². The van der Waals surface area contributed by atoms with Crippen molar-refractivity contribution in [2.24, 2.45) is 17.3 Å². The van der Waals surface area contributed by atoms with Crippen molar-refractivity contribution in [3.63, 3.8) is 0 Å². The van der Waals surface area contributed by atoms with E-state index in [0.717, 1.165) is 19.3 Å². The lowest BCUT2D eigenvalue weighted by molar-refractivity contribution is -0.147. The summed E-state index contributed by atoms with van der Waals surface area (Å²) in [5, 5.41) is 12.4. The molecule has 182 valence electrons. The van der Waals surface area contributed by atoms with Crippen molar-refractivity contribution in [2.75, 3.05) is 19.7 Å². The van der Waals surface area contributed by atoms with Gasteiger partial charge in [-0.15, -0.1) is 0 Å². The largest absolute Gasteiger partial charge is 0.481 e. The highest BCUT2D eigenvalue weighted by Crippen LogP contribution is 2.64. The number of ether oxygens (including phenoxy) is 1. The molecule has 2 saturated carbocycles. The molecule has 4 atom stereocenters. The van der Waals surface area contributed by atoms with Gasteiger partial charge in [-0.3, -0.25) is 9.59 Å². The Kier molecular flexibility index (Phi) is 5.31. The SMILES string of the molecule is O=C(N[C@H]1C[C@@H]2C[C@]2(C(=O)N2CCC[C@H](C(=O)O)C2)C1)OCC1c2ccccc2-c2ccccc21. The van der Waals surface area contributed by atoms with Crippen molar-refractivity contribution in [2.45, 2.75) is 44.1 Å². The molecule has 0 radical (unpaired) electrons. The summed E-state index contributed by atoms with van der Waals surface area (Å²) in [4.78, 5) is 39.1. The standard InChI is InChI=1S/C28H30N2O5/c31-25(32)17-6-5-11-30(15-17)26(33)28-13-18(28)12-19(14-28)29-27(34)35-16-24-22-9-3-1-7-20(22)21-8-2-4-10-23(21)24/h1-4,7-10,17-19,24H,5-6,11-16H2,(H,29,34)(H,31,32)/t17-,18+,19-,28-/m0/s1. The van der Waals surface area contributed by atoms with Gasteiger partial charge in [0.2, 0.25) is 5.91 Å². The number of carbonyl (C=O) groups is 3. The van der Waals surface area contributed by atoms with Gasteiger partial charge in [-0.25, -0.2) is 4.79 Å². The van der Waals surface area contributed by atoms with Crippen LogP contribution >= 0.6 is 0 Å². The van der Waals surface area contributed by atoms with Crippen molar-refractivity contribution < 1.29 is 24.2 Å². The maximum Gasteiger partial charge on any atom is 0.407 e. The van der Waals surface area contributed by atoms with Crippen LogP contribution in [0, 0.1) is 17.3 Å². The third-order valence-corrected chi connectivity index (χ3v) is 8.56. The van der Waals surface area contributed by atoms with Crippen LogP contribution in [0.25, 0.3) is 11.1 Å². The topological polar surface area (TPSA) is 95.9 Å². The van der Waals surface area contributed by atoms with Crippen LogP contribution in [0.4, 0.5) is 4.79 Å². The van der Waals surface area contributed by atoms with Gasteiger partial charge in [0, 0.05) is 25.0 Å². The molecule has 0 aromatic heterocycles. The number of amides is 2. The summed E-state index contributed by atoms with van der Waals surface area (Å²) in [7, 11) is 0. The van der Waals surface area contributed by atoms with Crippen molar-refractivity contribution in [1.82, 2.24) is 10.2 Å². The van der Waals surface area contributed by atoms with Crippen LogP contribution in [-0.4, -0.2) is 53.7 Å². The van der Waals surface area contributed by atoms with Gasteiger partial charge in [-0.2, -0.15) is 0 Å². The number of hydrogen-bond donors (Lipinski definition) is 2. The van der Waals surface area contributed by atoms with E-state index in [1.54, 1.807) is 4.90 Å². The van der Waals surface area contributed by atoms with E-state index in [-0.39, 0.29) is 30.4 Å². The quantitative estimate of drug-likeness (QED) is 0.683. The highest BCUT2D eigenvalue weighted by molar-refractivity contribution is 5.87. The molecule has 2 aromatic carbocycles. The number of alkyl carbamates (subject to hydrolysis) is 1. The number of likely N-dealkylation sites (tertiary alicyclic amines) is 1. The van der Waals surface area contributed by atoms with E-state index >= 15 is 0 Å². The van der Waals surface area contributed by atoms with E-state index in [4.69, 9.17) is 4.74 Å². The number of nitrogens with one attached hydrogen (secondary N) is 1. The Bertz CT molecular complexity index is 1150. The third kappa shape index (κ3) is 3.77. The first-order valence-electron chi connectivity index (χ1n) is 12.6. The summed E-state index contributed by atoms with van der Waals surface area (Å²) in [6.45, 7) is 1.19. The monoisotopic (exact) mass is 474 g/mol. The van der Waals surface area contributed by atoms with Gasteiger partial charge < -0.3 is 20.1 Å². The molecule has 0 spiro atoms. The second-order valence-corrected chi connectivity index (χ2v) is 10.6. The first-order chi connectivity index (χ1) is 17.0. The van der Waals surface area contributed by atoms with Crippen LogP contribution in [0.2, 0.25) is 0 Å². The number of carboxylic acid groups (broad SMARTS) is 1. The molecule has 2 aromatic rings. The Hall–Kier alpha value is -3.35. The lowest BCUT2D eigenvalue weighted by Crippen LogP contribution is -2.46. The maximum absolute atomic E-state index is 13.3. The predicted octanol–water partition coefficient (Wildman–Crippen LogP) is 4.02. The number of fused-ring (bicyclic) bond motifs is 4. The molecule has 35 heavy (non-hydrogen) atoms. The Morgan fingerprint density at radius 3 is 2.40 bits per heavy atom.